The highest BCUT2D eigenvalue weighted by Crippen LogP contribution is 2.19. The van der Waals surface area contributed by atoms with Gasteiger partial charge in [0.05, 0.1) is 0 Å². The second-order valence-electron chi connectivity index (χ2n) is 4.45. The Kier molecular flexibility index (Phi) is 4.15. The molecule has 0 spiro atoms. The minimum atomic E-state index is -1.06. The van der Waals surface area contributed by atoms with Crippen LogP contribution >= 0.6 is 0 Å². The van der Waals surface area contributed by atoms with Crippen LogP contribution in [0, 0.1) is 0 Å². The molecule has 0 heterocycles. The fourth-order valence-electron chi connectivity index (χ4n) is 2.12. The molecule has 0 aliphatic carbocycles. The summed E-state index contributed by atoms with van der Waals surface area (Å²) in [5.41, 5.74) is 0.889. The SMILES string of the molecule is C=CC(=O)N[C@@H](Cc1cccc2ccccc12)C(=O)O. The lowest BCUT2D eigenvalue weighted by molar-refractivity contribution is -0.141. The Hall–Kier alpha value is -2.62. The Balaban J connectivity index is 2.31. The van der Waals surface area contributed by atoms with Gasteiger partial charge in [-0.15, -0.1) is 0 Å². The fourth-order valence-corrected chi connectivity index (χ4v) is 2.12. The van der Waals surface area contributed by atoms with Gasteiger partial charge in [-0.2, -0.15) is 0 Å². The van der Waals surface area contributed by atoms with E-state index < -0.39 is 17.9 Å². The monoisotopic (exact) mass is 269 g/mol. The number of carbonyl (C=O) groups excluding carboxylic acids is 1. The van der Waals surface area contributed by atoms with Crippen LogP contribution in [0.4, 0.5) is 0 Å². The van der Waals surface area contributed by atoms with Crippen molar-refractivity contribution in [3.63, 3.8) is 0 Å². The molecule has 1 atom stereocenters. The van der Waals surface area contributed by atoms with Crippen molar-refractivity contribution in [3.05, 3.63) is 60.7 Å². The highest BCUT2D eigenvalue weighted by atomic mass is 16.4. The van der Waals surface area contributed by atoms with E-state index in [9.17, 15) is 14.7 Å². The smallest absolute Gasteiger partial charge is 0.326 e. The number of benzene rings is 2. The number of carbonyl (C=O) groups is 2. The van der Waals surface area contributed by atoms with Crippen LogP contribution in [0.25, 0.3) is 10.8 Å². The van der Waals surface area contributed by atoms with Gasteiger partial charge < -0.3 is 10.4 Å². The average molecular weight is 269 g/mol. The van der Waals surface area contributed by atoms with Crippen molar-refractivity contribution in [1.29, 1.82) is 0 Å². The summed E-state index contributed by atoms with van der Waals surface area (Å²) in [5, 5.41) is 13.7. The van der Waals surface area contributed by atoms with Crippen molar-refractivity contribution < 1.29 is 14.7 Å². The third-order valence-corrected chi connectivity index (χ3v) is 3.10. The first-order chi connectivity index (χ1) is 9.61. The van der Waals surface area contributed by atoms with Crippen LogP contribution in [-0.2, 0) is 16.0 Å². The molecule has 2 aromatic rings. The van der Waals surface area contributed by atoms with Gasteiger partial charge in [-0.3, -0.25) is 4.79 Å². The molecule has 2 N–H and O–H groups in total. The number of hydrogen-bond acceptors (Lipinski definition) is 2. The first kappa shape index (κ1) is 13.8. The van der Waals surface area contributed by atoms with Gasteiger partial charge in [-0.05, 0) is 22.4 Å². The lowest BCUT2D eigenvalue weighted by Gasteiger charge is -2.14. The Bertz CT molecular complexity index is 658. The Morgan fingerprint density at radius 3 is 2.60 bits per heavy atom. The molecule has 0 aromatic heterocycles. The normalized spacial score (nSPS) is 11.8. The summed E-state index contributed by atoms with van der Waals surface area (Å²) in [6, 6.07) is 12.5. The summed E-state index contributed by atoms with van der Waals surface area (Å²) in [4.78, 5) is 22.5. The van der Waals surface area contributed by atoms with Crippen LogP contribution in [0.1, 0.15) is 5.56 Å². The molecule has 2 rings (SSSR count). The van der Waals surface area contributed by atoms with Crippen molar-refractivity contribution in [3.8, 4) is 0 Å². The van der Waals surface area contributed by atoms with E-state index in [4.69, 9.17) is 0 Å². The number of nitrogens with one attached hydrogen (secondary N) is 1. The maximum absolute atomic E-state index is 11.3. The Labute approximate surface area is 116 Å². The maximum Gasteiger partial charge on any atom is 0.326 e. The molecule has 4 heteroatoms. The summed E-state index contributed by atoms with van der Waals surface area (Å²) >= 11 is 0. The van der Waals surface area contributed by atoms with Gasteiger partial charge in [0.25, 0.3) is 0 Å². The number of fused-ring (bicyclic) bond motifs is 1. The van der Waals surface area contributed by atoms with Gasteiger partial charge in [0.15, 0.2) is 0 Å². The molecule has 102 valence electrons. The molecule has 1 amide bonds. The first-order valence-electron chi connectivity index (χ1n) is 6.24. The number of carboxylic acid groups (broad SMARTS) is 1. The van der Waals surface area contributed by atoms with Gasteiger partial charge in [-0.1, -0.05) is 49.0 Å². The zero-order chi connectivity index (χ0) is 14.5. The number of rotatable bonds is 5. The minimum Gasteiger partial charge on any atom is -0.480 e. The predicted octanol–water partition coefficient (Wildman–Crippen LogP) is 2.14. The third-order valence-electron chi connectivity index (χ3n) is 3.10. The second kappa shape index (κ2) is 6.02. The zero-order valence-electron chi connectivity index (χ0n) is 10.9. The van der Waals surface area contributed by atoms with Gasteiger partial charge in [0, 0.05) is 6.42 Å². The average Bonchev–Trinajstić information content (AvgIpc) is 2.46. The second-order valence-corrected chi connectivity index (χ2v) is 4.45. The van der Waals surface area contributed by atoms with Crippen LogP contribution in [0.2, 0.25) is 0 Å². The van der Waals surface area contributed by atoms with Gasteiger partial charge in [0.1, 0.15) is 6.04 Å². The van der Waals surface area contributed by atoms with E-state index in [-0.39, 0.29) is 6.42 Å². The van der Waals surface area contributed by atoms with E-state index in [0.29, 0.717) is 0 Å². The van der Waals surface area contributed by atoms with E-state index >= 15 is 0 Å². The Morgan fingerprint density at radius 2 is 1.90 bits per heavy atom. The number of carboxylic acids is 1. The van der Waals surface area contributed by atoms with E-state index in [1.807, 2.05) is 42.5 Å². The predicted molar refractivity (Wildman–Crippen MR) is 77.4 cm³/mol. The van der Waals surface area contributed by atoms with Crippen LogP contribution in [0.15, 0.2) is 55.1 Å². The molecule has 0 saturated heterocycles. The van der Waals surface area contributed by atoms with E-state index in [2.05, 4.69) is 11.9 Å². The van der Waals surface area contributed by atoms with E-state index in [1.165, 1.54) is 0 Å². The van der Waals surface area contributed by atoms with Crippen molar-refractivity contribution >= 4 is 22.6 Å². The standard InChI is InChI=1S/C16H15NO3/c1-2-15(18)17-14(16(19)20)10-12-8-5-7-11-6-3-4-9-13(11)12/h2-9,14H,1,10H2,(H,17,18)(H,19,20)/t14-/m0/s1. The van der Waals surface area contributed by atoms with E-state index in [1.54, 1.807) is 0 Å². The maximum atomic E-state index is 11.3. The van der Waals surface area contributed by atoms with Crippen LogP contribution < -0.4 is 5.32 Å². The largest absolute Gasteiger partial charge is 0.480 e. The molecule has 0 bridgehead atoms. The molecular formula is C16H15NO3. The molecule has 0 fully saturated rings. The van der Waals surface area contributed by atoms with Crippen LogP contribution in [0.3, 0.4) is 0 Å². The van der Waals surface area contributed by atoms with Crippen LogP contribution in [0.5, 0.6) is 0 Å². The van der Waals surface area contributed by atoms with Crippen molar-refractivity contribution in [2.45, 2.75) is 12.5 Å². The molecule has 0 saturated carbocycles. The van der Waals surface area contributed by atoms with Crippen molar-refractivity contribution in [2.24, 2.45) is 0 Å². The van der Waals surface area contributed by atoms with E-state index in [0.717, 1.165) is 22.4 Å². The summed E-state index contributed by atoms with van der Waals surface area (Å²) in [5.74, 6) is -1.55. The molecule has 0 aliphatic heterocycles. The van der Waals surface area contributed by atoms with Crippen LogP contribution in [-0.4, -0.2) is 23.0 Å². The zero-order valence-corrected chi connectivity index (χ0v) is 10.9. The number of hydrogen-bond donors (Lipinski definition) is 2. The Morgan fingerprint density at radius 1 is 1.20 bits per heavy atom. The molecule has 2 aromatic carbocycles. The van der Waals surface area contributed by atoms with Gasteiger partial charge >= 0.3 is 5.97 Å². The minimum absolute atomic E-state index is 0.232. The molecular weight excluding hydrogens is 254 g/mol. The lowest BCUT2D eigenvalue weighted by Crippen LogP contribution is -2.41. The quantitative estimate of drug-likeness (QED) is 0.817. The lowest BCUT2D eigenvalue weighted by atomic mass is 9.99. The highest BCUT2D eigenvalue weighted by molar-refractivity contribution is 5.91. The summed E-state index contributed by atoms with van der Waals surface area (Å²) < 4.78 is 0. The molecule has 0 aliphatic rings. The highest BCUT2D eigenvalue weighted by Gasteiger charge is 2.20. The molecule has 0 radical (unpaired) electrons. The first-order valence-corrected chi connectivity index (χ1v) is 6.24. The summed E-state index contributed by atoms with van der Waals surface area (Å²) in [7, 11) is 0. The molecule has 4 nitrogen and oxygen atoms in total. The summed E-state index contributed by atoms with van der Waals surface area (Å²) in [6.07, 6.45) is 1.30. The third kappa shape index (κ3) is 3.03. The topological polar surface area (TPSA) is 66.4 Å². The number of amides is 1. The summed E-state index contributed by atoms with van der Waals surface area (Å²) in [6.45, 7) is 3.32. The fraction of sp³-hybridized carbons (Fsp3) is 0.125. The van der Waals surface area contributed by atoms with Crippen molar-refractivity contribution in [2.75, 3.05) is 0 Å². The van der Waals surface area contributed by atoms with Crippen molar-refractivity contribution in [1.82, 2.24) is 5.32 Å². The van der Waals surface area contributed by atoms with Gasteiger partial charge in [0.2, 0.25) is 5.91 Å². The molecule has 0 unspecified atom stereocenters. The van der Waals surface area contributed by atoms with Gasteiger partial charge in [-0.25, -0.2) is 4.79 Å². The number of aliphatic carboxylic acids is 1. The molecule has 20 heavy (non-hydrogen) atoms.